The summed E-state index contributed by atoms with van der Waals surface area (Å²) in [5, 5.41) is 7.14. The molecule has 2 amide bonds. The molecule has 5 nitrogen and oxygen atoms in total. The third kappa shape index (κ3) is 4.46. The molecule has 3 rings (SSSR count). The second-order valence-corrected chi connectivity index (χ2v) is 6.77. The van der Waals surface area contributed by atoms with Crippen molar-refractivity contribution in [2.45, 2.75) is 31.7 Å². The van der Waals surface area contributed by atoms with Crippen LogP contribution in [0.25, 0.3) is 0 Å². The summed E-state index contributed by atoms with van der Waals surface area (Å²) in [5.74, 6) is 0.302. The van der Waals surface area contributed by atoms with Crippen LogP contribution < -0.4 is 5.32 Å². The average molecular weight is 358 g/mol. The molecule has 2 aliphatic rings. The first-order chi connectivity index (χ1) is 10.8. The van der Waals surface area contributed by atoms with E-state index in [1.807, 2.05) is 26.6 Å². The molecule has 2 aliphatic heterocycles. The number of rotatable bonds is 2. The van der Waals surface area contributed by atoms with Crippen LogP contribution in [0.15, 0.2) is 16.8 Å². The molecule has 7 heteroatoms. The predicted molar refractivity (Wildman–Crippen MR) is 94.3 cm³/mol. The molecule has 0 aromatic carbocycles. The summed E-state index contributed by atoms with van der Waals surface area (Å²) >= 11 is 1.54. The molecule has 3 heterocycles. The van der Waals surface area contributed by atoms with Gasteiger partial charge in [-0.1, -0.05) is 6.42 Å². The number of piperidine rings is 1. The van der Waals surface area contributed by atoms with Crippen LogP contribution >= 0.6 is 23.7 Å². The highest BCUT2D eigenvalue weighted by atomic mass is 35.5. The highest BCUT2D eigenvalue weighted by Crippen LogP contribution is 2.14. The van der Waals surface area contributed by atoms with Gasteiger partial charge in [0.25, 0.3) is 5.91 Å². The first kappa shape index (κ1) is 18.2. The molecule has 23 heavy (non-hydrogen) atoms. The van der Waals surface area contributed by atoms with Gasteiger partial charge >= 0.3 is 0 Å². The number of hydrogen-bond acceptors (Lipinski definition) is 4. The lowest BCUT2D eigenvalue weighted by molar-refractivity contribution is -0.133. The summed E-state index contributed by atoms with van der Waals surface area (Å²) in [5.41, 5.74) is 0.763. The van der Waals surface area contributed by atoms with Gasteiger partial charge in [-0.05, 0) is 37.3 Å². The zero-order valence-corrected chi connectivity index (χ0v) is 14.8. The summed E-state index contributed by atoms with van der Waals surface area (Å²) in [6.07, 6.45) is 4.08. The number of nitrogens with one attached hydrogen (secondary N) is 1. The van der Waals surface area contributed by atoms with Crippen molar-refractivity contribution in [3.63, 3.8) is 0 Å². The molecular formula is C16H24ClN3O2S. The minimum absolute atomic E-state index is 0. The molecule has 0 radical (unpaired) electrons. The Morgan fingerprint density at radius 1 is 1.09 bits per heavy atom. The third-order valence-corrected chi connectivity index (χ3v) is 5.15. The van der Waals surface area contributed by atoms with E-state index in [4.69, 9.17) is 0 Å². The Balaban J connectivity index is 0.00000192. The van der Waals surface area contributed by atoms with Crippen LogP contribution in [-0.4, -0.2) is 60.4 Å². The topological polar surface area (TPSA) is 52.7 Å². The van der Waals surface area contributed by atoms with Crippen LogP contribution in [0.1, 0.15) is 36.0 Å². The number of carbonyl (C=O) groups is 2. The average Bonchev–Trinajstić information content (AvgIpc) is 2.99. The Bertz CT molecular complexity index is 517. The van der Waals surface area contributed by atoms with E-state index < -0.39 is 0 Å². The van der Waals surface area contributed by atoms with Crippen LogP contribution in [0.2, 0.25) is 0 Å². The van der Waals surface area contributed by atoms with Crippen LogP contribution in [0, 0.1) is 0 Å². The van der Waals surface area contributed by atoms with Gasteiger partial charge in [-0.25, -0.2) is 0 Å². The Morgan fingerprint density at radius 3 is 2.57 bits per heavy atom. The molecule has 2 saturated heterocycles. The van der Waals surface area contributed by atoms with E-state index in [0.29, 0.717) is 13.1 Å². The number of halogens is 1. The largest absolute Gasteiger partial charge is 0.340 e. The van der Waals surface area contributed by atoms with Gasteiger partial charge in [0.1, 0.15) is 0 Å². The Labute approximate surface area is 147 Å². The Hall–Kier alpha value is -1.11. The summed E-state index contributed by atoms with van der Waals surface area (Å²) in [7, 11) is 0. The van der Waals surface area contributed by atoms with Gasteiger partial charge in [-0.3, -0.25) is 9.59 Å². The maximum Gasteiger partial charge on any atom is 0.254 e. The second-order valence-electron chi connectivity index (χ2n) is 5.99. The smallest absolute Gasteiger partial charge is 0.254 e. The molecule has 0 aliphatic carbocycles. The first-order valence-corrected chi connectivity index (χ1v) is 9.03. The van der Waals surface area contributed by atoms with E-state index in [2.05, 4.69) is 5.32 Å². The monoisotopic (exact) mass is 357 g/mol. The van der Waals surface area contributed by atoms with E-state index in [1.54, 1.807) is 11.3 Å². The van der Waals surface area contributed by atoms with Gasteiger partial charge in [0.15, 0.2) is 0 Å². The number of amides is 2. The second kappa shape index (κ2) is 8.66. The number of hydrogen-bond donors (Lipinski definition) is 1. The van der Waals surface area contributed by atoms with Gasteiger partial charge in [-0.2, -0.15) is 11.3 Å². The normalized spacial score (nSPS) is 22.2. The number of thiophene rings is 1. The zero-order valence-electron chi connectivity index (χ0n) is 13.2. The fourth-order valence-corrected chi connectivity index (χ4v) is 3.82. The molecule has 2 fully saturated rings. The van der Waals surface area contributed by atoms with E-state index in [1.165, 1.54) is 0 Å². The molecule has 0 spiro atoms. The molecule has 0 bridgehead atoms. The van der Waals surface area contributed by atoms with E-state index in [-0.39, 0.29) is 30.3 Å². The molecule has 0 saturated carbocycles. The summed E-state index contributed by atoms with van der Waals surface area (Å²) in [6.45, 7) is 3.70. The summed E-state index contributed by atoms with van der Waals surface area (Å²) < 4.78 is 0. The minimum Gasteiger partial charge on any atom is -0.340 e. The van der Waals surface area contributed by atoms with Gasteiger partial charge in [0, 0.05) is 31.6 Å². The Morgan fingerprint density at radius 2 is 1.87 bits per heavy atom. The fourth-order valence-electron chi connectivity index (χ4n) is 3.19. The van der Waals surface area contributed by atoms with Crippen molar-refractivity contribution in [1.29, 1.82) is 0 Å². The first-order valence-electron chi connectivity index (χ1n) is 8.09. The van der Waals surface area contributed by atoms with Gasteiger partial charge in [-0.15, -0.1) is 12.4 Å². The van der Waals surface area contributed by atoms with Crippen LogP contribution in [0.5, 0.6) is 0 Å². The van der Waals surface area contributed by atoms with Crippen LogP contribution in [0.3, 0.4) is 0 Å². The molecule has 128 valence electrons. The SMILES string of the molecule is Cl.O=C(c1ccsc1)N1CCCN(C(=O)C2CCCCN2)CC1. The fraction of sp³-hybridized carbons (Fsp3) is 0.625. The van der Waals surface area contributed by atoms with Crippen LogP contribution in [0.4, 0.5) is 0 Å². The molecule has 1 unspecified atom stereocenters. The quantitative estimate of drug-likeness (QED) is 0.880. The van der Waals surface area contributed by atoms with Crippen molar-refractivity contribution >= 4 is 35.6 Å². The lowest BCUT2D eigenvalue weighted by Gasteiger charge is -2.29. The number of carbonyl (C=O) groups excluding carboxylic acids is 2. The van der Waals surface area contributed by atoms with Gasteiger partial charge in [0.2, 0.25) is 5.91 Å². The highest BCUT2D eigenvalue weighted by molar-refractivity contribution is 7.08. The van der Waals surface area contributed by atoms with Crippen molar-refractivity contribution in [1.82, 2.24) is 15.1 Å². The van der Waals surface area contributed by atoms with Crippen molar-refractivity contribution in [3.05, 3.63) is 22.4 Å². The van der Waals surface area contributed by atoms with Gasteiger partial charge in [0.05, 0.1) is 11.6 Å². The third-order valence-electron chi connectivity index (χ3n) is 4.47. The summed E-state index contributed by atoms with van der Waals surface area (Å²) in [4.78, 5) is 28.8. The zero-order chi connectivity index (χ0) is 15.4. The molecular weight excluding hydrogens is 334 g/mol. The lowest BCUT2D eigenvalue weighted by Crippen LogP contribution is -2.49. The maximum absolute atomic E-state index is 12.6. The number of nitrogens with zero attached hydrogens (tertiary/aromatic N) is 2. The van der Waals surface area contributed by atoms with Gasteiger partial charge < -0.3 is 15.1 Å². The van der Waals surface area contributed by atoms with Crippen molar-refractivity contribution < 1.29 is 9.59 Å². The lowest BCUT2D eigenvalue weighted by atomic mass is 10.0. The van der Waals surface area contributed by atoms with E-state index in [0.717, 1.165) is 50.9 Å². The summed E-state index contributed by atoms with van der Waals surface area (Å²) in [6, 6.07) is 1.85. The van der Waals surface area contributed by atoms with Crippen LogP contribution in [-0.2, 0) is 4.79 Å². The molecule has 1 atom stereocenters. The Kier molecular flexibility index (Phi) is 6.87. The van der Waals surface area contributed by atoms with E-state index >= 15 is 0 Å². The molecule has 1 aromatic heterocycles. The standard InChI is InChI=1S/C16H23N3O2S.ClH/c20-15(13-5-11-22-12-13)18-7-3-8-19(10-9-18)16(21)14-4-1-2-6-17-14;/h5,11-12,14,17H,1-4,6-10H2;1H. The predicted octanol–water partition coefficient (Wildman–Crippen LogP) is 1.99. The van der Waals surface area contributed by atoms with Crippen molar-refractivity contribution in [3.8, 4) is 0 Å². The van der Waals surface area contributed by atoms with Crippen molar-refractivity contribution in [2.75, 3.05) is 32.7 Å². The van der Waals surface area contributed by atoms with E-state index in [9.17, 15) is 9.59 Å². The maximum atomic E-state index is 12.6. The minimum atomic E-state index is -0.0205. The van der Waals surface area contributed by atoms with Crippen molar-refractivity contribution in [2.24, 2.45) is 0 Å². The highest BCUT2D eigenvalue weighted by Gasteiger charge is 2.28. The molecule has 1 N–H and O–H groups in total. The molecule has 1 aromatic rings.